The Morgan fingerprint density at radius 1 is 1.50 bits per heavy atom. The van der Waals surface area contributed by atoms with Crippen LogP contribution in [-0.4, -0.2) is 30.4 Å². The van der Waals surface area contributed by atoms with Crippen LogP contribution in [0.4, 0.5) is 0 Å². The number of carboxylic acids is 1. The fourth-order valence-corrected chi connectivity index (χ4v) is 1.65. The highest BCUT2D eigenvalue weighted by atomic mass is 35.5. The number of halogens is 1. The highest BCUT2D eigenvalue weighted by Crippen LogP contribution is 2.25. The van der Waals surface area contributed by atoms with Gasteiger partial charge in [-0.2, -0.15) is 0 Å². The molecule has 0 fully saturated rings. The predicted octanol–water partition coefficient (Wildman–Crippen LogP) is 2.91. The molecule has 100 valence electrons. The number of carboxylic acid groups (broad SMARTS) is 1. The van der Waals surface area contributed by atoms with E-state index in [1.807, 2.05) is 19.1 Å². The standard InChI is InChI=1S/C13H17ClO4/c1-3-17-11(13(15)16)6-7-18-12-8-9(2)4-5-10(12)14/h4-5,8,11H,3,6-7H2,1-2H3,(H,15,16). The zero-order chi connectivity index (χ0) is 13.5. The molecule has 0 bridgehead atoms. The van der Waals surface area contributed by atoms with Crippen molar-refractivity contribution < 1.29 is 19.4 Å². The van der Waals surface area contributed by atoms with Crippen LogP contribution in [0.3, 0.4) is 0 Å². The van der Waals surface area contributed by atoms with Gasteiger partial charge < -0.3 is 14.6 Å². The molecule has 1 unspecified atom stereocenters. The monoisotopic (exact) mass is 272 g/mol. The average Bonchev–Trinajstić information content (AvgIpc) is 2.32. The van der Waals surface area contributed by atoms with Crippen LogP contribution < -0.4 is 4.74 Å². The molecule has 1 rings (SSSR count). The van der Waals surface area contributed by atoms with Crippen molar-refractivity contribution >= 4 is 17.6 Å². The van der Waals surface area contributed by atoms with Gasteiger partial charge in [-0.3, -0.25) is 0 Å². The molecule has 0 aliphatic heterocycles. The van der Waals surface area contributed by atoms with Gasteiger partial charge in [0.15, 0.2) is 6.10 Å². The van der Waals surface area contributed by atoms with Crippen LogP contribution in [0.15, 0.2) is 18.2 Å². The van der Waals surface area contributed by atoms with Crippen molar-refractivity contribution in [1.82, 2.24) is 0 Å². The van der Waals surface area contributed by atoms with Crippen molar-refractivity contribution in [2.24, 2.45) is 0 Å². The molecule has 18 heavy (non-hydrogen) atoms. The Bertz CT molecular complexity index is 406. The molecule has 0 aliphatic carbocycles. The first-order chi connectivity index (χ1) is 8.54. The van der Waals surface area contributed by atoms with Crippen molar-refractivity contribution in [1.29, 1.82) is 0 Å². The average molecular weight is 273 g/mol. The second-order valence-corrected chi connectivity index (χ2v) is 4.26. The molecular formula is C13H17ClO4. The van der Waals surface area contributed by atoms with Gasteiger partial charge in [-0.05, 0) is 31.5 Å². The van der Waals surface area contributed by atoms with Crippen molar-refractivity contribution in [3.05, 3.63) is 28.8 Å². The Balaban J connectivity index is 2.49. The second kappa shape index (κ2) is 7.24. The zero-order valence-electron chi connectivity index (χ0n) is 10.5. The van der Waals surface area contributed by atoms with Gasteiger partial charge in [0.1, 0.15) is 5.75 Å². The molecule has 5 heteroatoms. The van der Waals surface area contributed by atoms with Gasteiger partial charge in [0, 0.05) is 13.0 Å². The predicted molar refractivity (Wildman–Crippen MR) is 69.4 cm³/mol. The zero-order valence-corrected chi connectivity index (χ0v) is 11.2. The maximum atomic E-state index is 10.8. The number of ether oxygens (including phenoxy) is 2. The van der Waals surface area contributed by atoms with Crippen LogP contribution >= 0.6 is 11.6 Å². The van der Waals surface area contributed by atoms with Crippen LogP contribution in [-0.2, 0) is 9.53 Å². The third-order valence-corrected chi connectivity index (χ3v) is 2.68. The smallest absolute Gasteiger partial charge is 0.332 e. The van der Waals surface area contributed by atoms with E-state index < -0.39 is 12.1 Å². The molecule has 1 atom stereocenters. The van der Waals surface area contributed by atoms with Gasteiger partial charge in [-0.25, -0.2) is 4.79 Å². The number of hydrogen-bond donors (Lipinski definition) is 1. The van der Waals surface area contributed by atoms with E-state index >= 15 is 0 Å². The van der Waals surface area contributed by atoms with E-state index in [0.717, 1.165) is 5.56 Å². The molecule has 0 aliphatic rings. The second-order valence-electron chi connectivity index (χ2n) is 3.85. The largest absolute Gasteiger partial charge is 0.492 e. The molecule has 0 radical (unpaired) electrons. The Morgan fingerprint density at radius 2 is 2.22 bits per heavy atom. The number of hydrogen-bond acceptors (Lipinski definition) is 3. The number of rotatable bonds is 7. The summed E-state index contributed by atoms with van der Waals surface area (Å²) in [7, 11) is 0. The quantitative estimate of drug-likeness (QED) is 0.829. The van der Waals surface area contributed by atoms with Crippen LogP contribution in [0.1, 0.15) is 18.9 Å². The van der Waals surface area contributed by atoms with Gasteiger partial charge in [-0.15, -0.1) is 0 Å². The minimum Gasteiger partial charge on any atom is -0.492 e. The van der Waals surface area contributed by atoms with Crippen LogP contribution in [0.5, 0.6) is 5.75 Å². The normalized spacial score (nSPS) is 12.2. The third-order valence-electron chi connectivity index (χ3n) is 2.37. The Hall–Kier alpha value is -1.26. The summed E-state index contributed by atoms with van der Waals surface area (Å²) in [6.07, 6.45) is -0.549. The molecule has 0 aromatic heterocycles. The lowest BCUT2D eigenvalue weighted by Gasteiger charge is -2.13. The molecule has 0 amide bonds. The van der Waals surface area contributed by atoms with Crippen molar-refractivity contribution in [3.63, 3.8) is 0 Å². The van der Waals surface area contributed by atoms with Crippen LogP contribution in [0.25, 0.3) is 0 Å². The van der Waals surface area contributed by atoms with E-state index in [4.69, 9.17) is 26.2 Å². The SMILES string of the molecule is CCOC(CCOc1cc(C)ccc1Cl)C(=O)O. The molecule has 1 N–H and O–H groups in total. The first-order valence-electron chi connectivity index (χ1n) is 5.78. The van der Waals surface area contributed by atoms with E-state index in [-0.39, 0.29) is 13.0 Å². The lowest BCUT2D eigenvalue weighted by atomic mass is 10.2. The van der Waals surface area contributed by atoms with Crippen molar-refractivity contribution in [2.75, 3.05) is 13.2 Å². The molecule has 0 heterocycles. The Morgan fingerprint density at radius 3 is 2.83 bits per heavy atom. The molecule has 0 saturated heterocycles. The Kier molecular flexibility index (Phi) is 5.95. The summed E-state index contributed by atoms with van der Waals surface area (Å²) >= 11 is 5.96. The number of aliphatic carboxylic acids is 1. The summed E-state index contributed by atoms with van der Waals surface area (Å²) < 4.78 is 10.6. The number of benzene rings is 1. The van der Waals surface area contributed by atoms with Crippen LogP contribution in [0.2, 0.25) is 5.02 Å². The van der Waals surface area contributed by atoms with Gasteiger partial charge in [-0.1, -0.05) is 17.7 Å². The molecule has 0 spiro atoms. The maximum absolute atomic E-state index is 10.8. The van der Waals surface area contributed by atoms with Gasteiger partial charge >= 0.3 is 5.97 Å². The summed E-state index contributed by atoms with van der Waals surface area (Å²) in [5.74, 6) is -0.409. The minimum atomic E-state index is -0.976. The van der Waals surface area contributed by atoms with Gasteiger partial charge in [0.2, 0.25) is 0 Å². The highest BCUT2D eigenvalue weighted by molar-refractivity contribution is 6.32. The molecule has 0 saturated carbocycles. The lowest BCUT2D eigenvalue weighted by molar-refractivity contribution is -0.150. The van der Waals surface area contributed by atoms with E-state index in [9.17, 15) is 4.79 Å². The summed E-state index contributed by atoms with van der Waals surface area (Å²) in [6, 6.07) is 5.46. The summed E-state index contributed by atoms with van der Waals surface area (Å²) in [6.45, 7) is 4.31. The number of carbonyl (C=O) groups is 1. The fraction of sp³-hybridized carbons (Fsp3) is 0.462. The maximum Gasteiger partial charge on any atom is 0.332 e. The van der Waals surface area contributed by atoms with E-state index in [0.29, 0.717) is 17.4 Å². The molecule has 1 aromatic carbocycles. The Labute approximate surface area is 111 Å². The van der Waals surface area contributed by atoms with E-state index in [2.05, 4.69) is 0 Å². The highest BCUT2D eigenvalue weighted by Gasteiger charge is 2.17. The fourth-order valence-electron chi connectivity index (χ4n) is 1.48. The molecule has 4 nitrogen and oxygen atoms in total. The topological polar surface area (TPSA) is 55.8 Å². The third kappa shape index (κ3) is 4.55. The first-order valence-corrected chi connectivity index (χ1v) is 6.15. The summed E-state index contributed by atoms with van der Waals surface area (Å²) in [5.41, 5.74) is 1.04. The summed E-state index contributed by atoms with van der Waals surface area (Å²) in [5, 5.41) is 9.41. The number of aryl methyl sites for hydroxylation is 1. The van der Waals surface area contributed by atoms with Gasteiger partial charge in [0.25, 0.3) is 0 Å². The van der Waals surface area contributed by atoms with Crippen molar-refractivity contribution in [2.45, 2.75) is 26.4 Å². The summed E-state index contributed by atoms with van der Waals surface area (Å²) in [4.78, 5) is 10.8. The minimum absolute atomic E-state index is 0.250. The molecular weight excluding hydrogens is 256 g/mol. The van der Waals surface area contributed by atoms with Gasteiger partial charge in [0.05, 0.1) is 11.6 Å². The lowest BCUT2D eigenvalue weighted by Crippen LogP contribution is -2.26. The van der Waals surface area contributed by atoms with E-state index in [1.165, 1.54) is 0 Å². The first kappa shape index (κ1) is 14.8. The van der Waals surface area contributed by atoms with Crippen LogP contribution in [0, 0.1) is 6.92 Å². The molecule has 1 aromatic rings. The van der Waals surface area contributed by atoms with E-state index in [1.54, 1.807) is 13.0 Å². The van der Waals surface area contributed by atoms with Crippen molar-refractivity contribution in [3.8, 4) is 5.75 Å².